The molecule has 0 aliphatic carbocycles. The van der Waals surface area contributed by atoms with Gasteiger partial charge in [-0.1, -0.05) is 6.08 Å². The smallest absolute Gasteiger partial charge is 0.165 e. The van der Waals surface area contributed by atoms with Crippen LogP contribution in [0.15, 0.2) is 24.8 Å². The second-order valence-corrected chi connectivity index (χ2v) is 4.77. The Kier molecular flexibility index (Phi) is 5.09. The van der Waals surface area contributed by atoms with Gasteiger partial charge in [0.05, 0.1) is 25.9 Å². The van der Waals surface area contributed by atoms with Gasteiger partial charge in [-0.05, 0) is 25.0 Å². The third-order valence-corrected chi connectivity index (χ3v) is 3.41. The normalized spacial score (nSPS) is 19.1. The van der Waals surface area contributed by atoms with E-state index in [1.54, 1.807) is 6.08 Å². The minimum Gasteiger partial charge on any atom is -0.490 e. The first-order chi connectivity index (χ1) is 9.67. The largest absolute Gasteiger partial charge is 0.490 e. The lowest BCUT2D eigenvalue weighted by molar-refractivity contribution is -0.0205. The molecule has 110 valence electrons. The van der Waals surface area contributed by atoms with Crippen molar-refractivity contribution < 1.29 is 23.4 Å². The SMILES string of the molecule is C=CC[C@H](OCCO)C1COc2c(F)ccc(F)c2C1. The third kappa shape index (κ3) is 3.16. The van der Waals surface area contributed by atoms with Crippen molar-refractivity contribution in [2.45, 2.75) is 18.9 Å². The summed E-state index contributed by atoms with van der Waals surface area (Å²) >= 11 is 0. The van der Waals surface area contributed by atoms with Crippen molar-refractivity contribution in [3.05, 3.63) is 42.0 Å². The molecule has 20 heavy (non-hydrogen) atoms. The lowest BCUT2D eigenvalue weighted by atomic mass is 9.90. The molecule has 1 aromatic carbocycles. The highest BCUT2D eigenvalue weighted by molar-refractivity contribution is 5.38. The van der Waals surface area contributed by atoms with E-state index in [0.717, 1.165) is 12.1 Å². The molecule has 3 nitrogen and oxygen atoms in total. The van der Waals surface area contributed by atoms with Gasteiger partial charge in [0, 0.05) is 11.5 Å². The van der Waals surface area contributed by atoms with Crippen molar-refractivity contribution in [1.29, 1.82) is 0 Å². The van der Waals surface area contributed by atoms with Gasteiger partial charge < -0.3 is 14.6 Å². The van der Waals surface area contributed by atoms with Gasteiger partial charge in [0.1, 0.15) is 5.82 Å². The van der Waals surface area contributed by atoms with Crippen molar-refractivity contribution >= 4 is 0 Å². The van der Waals surface area contributed by atoms with Crippen molar-refractivity contribution in [3.8, 4) is 5.75 Å². The van der Waals surface area contributed by atoms with Crippen LogP contribution in [0.25, 0.3) is 0 Å². The maximum Gasteiger partial charge on any atom is 0.165 e. The monoisotopic (exact) mass is 284 g/mol. The number of halogens is 2. The Hall–Kier alpha value is -1.46. The molecule has 0 aromatic heterocycles. The van der Waals surface area contributed by atoms with E-state index in [9.17, 15) is 8.78 Å². The predicted octanol–water partition coefficient (Wildman–Crippen LogP) is 2.47. The first-order valence-corrected chi connectivity index (χ1v) is 6.60. The molecule has 0 spiro atoms. The standard InChI is InChI=1S/C15H18F2O3/c1-2-3-14(19-7-6-18)10-8-11-12(16)4-5-13(17)15(11)20-9-10/h2,4-5,10,14,18H,1,3,6-9H2/t10?,14-/m0/s1. The zero-order valence-electron chi connectivity index (χ0n) is 11.1. The molecule has 1 aliphatic rings. The second-order valence-electron chi connectivity index (χ2n) is 4.77. The molecule has 0 bridgehead atoms. The Labute approximate surface area is 116 Å². The molecule has 1 N–H and O–H groups in total. The number of aliphatic hydroxyl groups excluding tert-OH is 1. The molecular formula is C15H18F2O3. The molecule has 0 fully saturated rings. The van der Waals surface area contributed by atoms with Crippen LogP contribution in [-0.4, -0.2) is 31.0 Å². The van der Waals surface area contributed by atoms with Gasteiger partial charge in [0.2, 0.25) is 0 Å². The van der Waals surface area contributed by atoms with Gasteiger partial charge in [0.25, 0.3) is 0 Å². The fraction of sp³-hybridized carbons (Fsp3) is 0.467. The van der Waals surface area contributed by atoms with E-state index in [1.807, 2.05) is 0 Å². The molecular weight excluding hydrogens is 266 g/mol. The zero-order valence-corrected chi connectivity index (χ0v) is 11.1. The number of fused-ring (bicyclic) bond motifs is 1. The number of benzene rings is 1. The fourth-order valence-corrected chi connectivity index (χ4v) is 2.44. The summed E-state index contributed by atoms with van der Waals surface area (Å²) < 4.78 is 38.2. The quantitative estimate of drug-likeness (QED) is 0.816. The Morgan fingerprint density at radius 3 is 2.90 bits per heavy atom. The highest BCUT2D eigenvalue weighted by atomic mass is 19.1. The van der Waals surface area contributed by atoms with Crippen molar-refractivity contribution in [3.63, 3.8) is 0 Å². The highest BCUT2D eigenvalue weighted by Crippen LogP contribution is 2.34. The number of rotatable bonds is 6. The van der Waals surface area contributed by atoms with Crippen molar-refractivity contribution in [2.75, 3.05) is 19.8 Å². The van der Waals surface area contributed by atoms with Crippen LogP contribution in [0.5, 0.6) is 5.75 Å². The summed E-state index contributed by atoms with van der Waals surface area (Å²) in [5, 5.41) is 8.83. The number of hydrogen-bond donors (Lipinski definition) is 1. The van der Waals surface area contributed by atoms with E-state index >= 15 is 0 Å². The number of ether oxygens (including phenoxy) is 2. The minimum atomic E-state index is -0.545. The van der Waals surface area contributed by atoms with E-state index < -0.39 is 11.6 Å². The van der Waals surface area contributed by atoms with E-state index in [1.165, 1.54) is 0 Å². The molecule has 0 saturated carbocycles. The van der Waals surface area contributed by atoms with Crippen molar-refractivity contribution in [2.24, 2.45) is 5.92 Å². The topological polar surface area (TPSA) is 38.7 Å². The fourth-order valence-electron chi connectivity index (χ4n) is 2.44. The van der Waals surface area contributed by atoms with E-state index in [2.05, 4.69) is 6.58 Å². The molecule has 1 aromatic rings. The molecule has 1 aliphatic heterocycles. The summed E-state index contributed by atoms with van der Waals surface area (Å²) in [7, 11) is 0. The third-order valence-electron chi connectivity index (χ3n) is 3.41. The van der Waals surface area contributed by atoms with Crippen LogP contribution >= 0.6 is 0 Å². The van der Waals surface area contributed by atoms with Crippen LogP contribution in [0.1, 0.15) is 12.0 Å². The zero-order chi connectivity index (χ0) is 14.5. The molecule has 1 unspecified atom stereocenters. The highest BCUT2D eigenvalue weighted by Gasteiger charge is 2.30. The summed E-state index contributed by atoms with van der Waals surface area (Å²) in [6, 6.07) is 2.18. The summed E-state index contributed by atoms with van der Waals surface area (Å²) in [5.74, 6) is -1.11. The Morgan fingerprint density at radius 1 is 1.45 bits per heavy atom. The average Bonchev–Trinajstić information content (AvgIpc) is 2.47. The van der Waals surface area contributed by atoms with Crippen LogP contribution in [-0.2, 0) is 11.2 Å². The Bertz CT molecular complexity index is 476. The average molecular weight is 284 g/mol. The molecule has 5 heteroatoms. The summed E-state index contributed by atoms with van der Waals surface area (Å²) in [6.45, 7) is 4.04. The van der Waals surface area contributed by atoms with E-state index in [-0.39, 0.29) is 43.2 Å². The van der Waals surface area contributed by atoms with E-state index in [0.29, 0.717) is 12.8 Å². The lowest BCUT2D eigenvalue weighted by Gasteiger charge is -2.31. The lowest BCUT2D eigenvalue weighted by Crippen LogP contribution is -2.34. The summed E-state index contributed by atoms with van der Waals surface area (Å²) in [5.41, 5.74) is 0.253. The summed E-state index contributed by atoms with van der Waals surface area (Å²) in [6.07, 6.45) is 2.40. The van der Waals surface area contributed by atoms with Gasteiger partial charge in [0.15, 0.2) is 11.6 Å². The van der Waals surface area contributed by atoms with Crippen LogP contribution in [0.4, 0.5) is 8.78 Å². The molecule has 0 radical (unpaired) electrons. The van der Waals surface area contributed by atoms with E-state index in [4.69, 9.17) is 14.6 Å². The van der Waals surface area contributed by atoms with Crippen molar-refractivity contribution in [1.82, 2.24) is 0 Å². The predicted molar refractivity (Wildman–Crippen MR) is 70.7 cm³/mol. The van der Waals surface area contributed by atoms with Crippen LogP contribution < -0.4 is 4.74 Å². The van der Waals surface area contributed by atoms with Gasteiger partial charge in [-0.3, -0.25) is 0 Å². The Balaban J connectivity index is 2.16. The molecule has 1 heterocycles. The maximum atomic E-state index is 13.8. The maximum absolute atomic E-state index is 13.8. The van der Waals surface area contributed by atoms with Gasteiger partial charge in [-0.2, -0.15) is 0 Å². The Morgan fingerprint density at radius 2 is 2.20 bits per heavy atom. The first kappa shape index (κ1) is 14.9. The molecule has 2 atom stereocenters. The number of aliphatic hydroxyl groups is 1. The van der Waals surface area contributed by atoms with Crippen LogP contribution in [0.3, 0.4) is 0 Å². The van der Waals surface area contributed by atoms with Crippen LogP contribution in [0.2, 0.25) is 0 Å². The van der Waals surface area contributed by atoms with Gasteiger partial charge >= 0.3 is 0 Å². The summed E-state index contributed by atoms with van der Waals surface area (Å²) in [4.78, 5) is 0. The molecule has 0 amide bonds. The molecule has 0 saturated heterocycles. The first-order valence-electron chi connectivity index (χ1n) is 6.60. The molecule has 2 rings (SSSR count). The van der Waals surface area contributed by atoms with Gasteiger partial charge in [-0.25, -0.2) is 8.78 Å². The second kappa shape index (κ2) is 6.81. The number of hydrogen-bond acceptors (Lipinski definition) is 3. The van der Waals surface area contributed by atoms with Crippen LogP contribution in [0, 0.1) is 17.6 Å². The van der Waals surface area contributed by atoms with Gasteiger partial charge in [-0.15, -0.1) is 6.58 Å². The minimum absolute atomic E-state index is 0.000705.